The Morgan fingerprint density at radius 3 is 2.58 bits per heavy atom. The van der Waals surface area contributed by atoms with Gasteiger partial charge < -0.3 is 10.2 Å². The van der Waals surface area contributed by atoms with Crippen molar-refractivity contribution in [1.29, 1.82) is 0 Å². The Labute approximate surface area is 187 Å². The molecule has 1 aliphatic carbocycles. The first-order valence-electron chi connectivity index (χ1n) is 10.4. The molecule has 1 heterocycles. The van der Waals surface area contributed by atoms with Crippen LogP contribution in [0.3, 0.4) is 0 Å². The highest BCUT2D eigenvalue weighted by Crippen LogP contribution is 2.39. The summed E-state index contributed by atoms with van der Waals surface area (Å²) in [6, 6.07) is 10.1. The molecule has 1 saturated carbocycles. The van der Waals surface area contributed by atoms with Crippen LogP contribution in [0.15, 0.2) is 41.3 Å². The first kappa shape index (κ1) is 21.8. The number of benzene rings is 2. The molecule has 1 unspecified atom stereocenters. The normalized spacial score (nSPS) is 18.0. The highest BCUT2D eigenvalue weighted by molar-refractivity contribution is 7.91. The van der Waals surface area contributed by atoms with E-state index < -0.39 is 9.84 Å². The van der Waals surface area contributed by atoms with Crippen molar-refractivity contribution in [3.8, 4) is 0 Å². The van der Waals surface area contributed by atoms with Gasteiger partial charge in [-0.2, -0.15) is 0 Å². The van der Waals surface area contributed by atoms with Gasteiger partial charge in [0.15, 0.2) is 9.84 Å². The highest BCUT2D eigenvalue weighted by atomic mass is 35.5. The van der Waals surface area contributed by atoms with Gasteiger partial charge in [-0.25, -0.2) is 8.42 Å². The van der Waals surface area contributed by atoms with Crippen LogP contribution in [0.25, 0.3) is 0 Å². The fourth-order valence-electron chi connectivity index (χ4n) is 3.90. The third kappa shape index (κ3) is 4.62. The van der Waals surface area contributed by atoms with Gasteiger partial charge in [0.25, 0.3) is 0 Å². The summed E-state index contributed by atoms with van der Waals surface area (Å²) in [7, 11) is -3.63. The number of hydrogen-bond acceptors (Lipinski definition) is 4. The number of carbonyl (C=O) groups is 2. The molecule has 1 atom stereocenters. The largest absolute Gasteiger partial charge is 0.326 e. The van der Waals surface area contributed by atoms with E-state index in [4.69, 9.17) is 11.6 Å². The predicted octanol–water partition coefficient (Wildman–Crippen LogP) is 4.14. The minimum atomic E-state index is -3.63. The van der Waals surface area contributed by atoms with Gasteiger partial charge in [-0.05, 0) is 74.6 Å². The number of anilines is 2. The lowest BCUT2D eigenvalue weighted by atomic mass is 10.1. The summed E-state index contributed by atoms with van der Waals surface area (Å²) in [6.45, 7) is 3.84. The van der Waals surface area contributed by atoms with Crippen LogP contribution in [0.5, 0.6) is 0 Å². The van der Waals surface area contributed by atoms with E-state index >= 15 is 0 Å². The molecular formula is C23H25ClN2O4S. The molecule has 0 spiro atoms. The zero-order valence-electron chi connectivity index (χ0n) is 17.5. The second kappa shape index (κ2) is 8.28. The molecule has 2 aliphatic rings. The third-order valence-electron chi connectivity index (χ3n) is 5.84. The van der Waals surface area contributed by atoms with Crippen molar-refractivity contribution in [2.45, 2.75) is 50.5 Å². The average Bonchev–Trinajstić information content (AvgIpc) is 3.51. The van der Waals surface area contributed by atoms with Crippen LogP contribution in [0.4, 0.5) is 11.4 Å². The van der Waals surface area contributed by atoms with Crippen LogP contribution in [0.2, 0.25) is 5.02 Å². The Kier molecular flexibility index (Phi) is 5.83. The Morgan fingerprint density at radius 2 is 1.90 bits per heavy atom. The molecule has 1 aliphatic heterocycles. The monoisotopic (exact) mass is 460 g/mol. The second-order valence-electron chi connectivity index (χ2n) is 8.41. The van der Waals surface area contributed by atoms with Crippen molar-refractivity contribution in [2.24, 2.45) is 5.92 Å². The van der Waals surface area contributed by atoms with E-state index in [9.17, 15) is 18.0 Å². The van der Waals surface area contributed by atoms with E-state index in [2.05, 4.69) is 5.32 Å². The number of carbonyl (C=O) groups excluding carboxylic acids is 2. The molecule has 0 bridgehead atoms. The second-order valence-corrected chi connectivity index (χ2v) is 10.9. The zero-order chi connectivity index (χ0) is 22.3. The molecule has 2 amide bonds. The average molecular weight is 461 g/mol. The van der Waals surface area contributed by atoms with Gasteiger partial charge in [-0.3, -0.25) is 9.59 Å². The number of amides is 2. The van der Waals surface area contributed by atoms with Crippen LogP contribution in [0, 0.1) is 12.8 Å². The number of halogens is 1. The molecule has 0 saturated heterocycles. The lowest BCUT2D eigenvalue weighted by Crippen LogP contribution is -2.36. The van der Waals surface area contributed by atoms with E-state index in [1.807, 2.05) is 18.7 Å². The standard InChI is InChI=1S/C23H25ClN2O4S/c1-14-3-6-18(13-20(14)24)25-22(27)9-10-31(29,30)19-7-8-21-17(12-19)11-15(2)26(21)23(28)16-4-5-16/h3,6-8,12-13,15-16H,4-5,9-11H2,1-2H3,(H,25,27). The van der Waals surface area contributed by atoms with Gasteiger partial charge in [0.05, 0.1) is 10.6 Å². The fraction of sp³-hybridized carbons (Fsp3) is 0.391. The van der Waals surface area contributed by atoms with Crippen LogP contribution in [-0.4, -0.2) is 32.0 Å². The van der Waals surface area contributed by atoms with Crippen molar-refractivity contribution in [2.75, 3.05) is 16.0 Å². The molecule has 164 valence electrons. The van der Waals surface area contributed by atoms with Gasteiger partial charge in [-0.1, -0.05) is 17.7 Å². The summed E-state index contributed by atoms with van der Waals surface area (Å²) >= 11 is 6.06. The SMILES string of the molecule is Cc1ccc(NC(=O)CCS(=O)(=O)c2ccc3c(c2)CC(C)N3C(=O)C2CC2)cc1Cl. The van der Waals surface area contributed by atoms with Gasteiger partial charge in [-0.15, -0.1) is 0 Å². The van der Waals surface area contributed by atoms with Crippen molar-refractivity contribution >= 4 is 44.6 Å². The maximum absolute atomic E-state index is 12.8. The summed E-state index contributed by atoms with van der Waals surface area (Å²) in [6.07, 6.45) is 2.33. The van der Waals surface area contributed by atoms with Gasteiger partial charge in [0.2, 0.25) is 11.8 Å². The number of rotatable bonds is 6. The fourth-order valence-corrected chi connectivity index (χ4v) is 5.37. The van der Waals surface area contributed by atoms with E-state index in [1.165, 1.54) is 6.07 Å². The predicted molar refractivity (Wildman–Crippen MR) is 121 cm³/mol. The van der Waals surface area contributed by atoms with Crippen LogP contribution in [0.1, 0.15) is 37.3 Å². The van der Waals surface area contributed by atoms with Crippen LogP contribution in [-0.2, 0) is 25.8 Å². The molecule has 1 fully saturated rings. The lowest BCUT2D eigenvalue weighted by molar-refractivity contribution is -0.120. The molecule has 1 N–H and O–H groups in total. The first-order valence-corrected chi connectivity index (χ1v) is 12.4. The minimum Gasteiger partial charge on any atom is -0.326 e. The topological polar surface area (TPSA) is 83.6 Å². The van der Waals surface area contributed by atoms with E-state index in [0.29, 0.717) is 17.1 Å². The van der Waals surface area contributed by atoms with Crippen molar-refractivity contribution in [1.82, 2.24) is 0 Å². The molecular weight excluding hydrogens is 436 g/mol. The first-order chi connectivity index (χ1) is 14.7. The number of sulfone groups is 1. The summed E-state index contributed by atoms with van der Waals surface area (Å²) in [5.41, 5.74) is 3.09. The molecule has 8 heteroatoms. The van der Waals surface area contributed by atoms with Gasteiger partial charge >= 0.3 is 0 Å². The number of nitrogens with zero attached hydrogens (tertiary/aromatic N) is 1. The number of aryl methyl sites for hydroxylation is 1. The Bertz CT molecular complexity index is 1160. The van der Waals surface area contributed by atoms with Crippen molar-refractivity contribution in [3.05, 3.63) is 52.5 Å². The Morgan fingerprint density at radius 1 is 1.16 bits per heavy atom. The minimum absolute atomic E-state index is 0.0214. The molecule has 0 radical (unpaired) electrons. The number of hydrogen-bond donors (Lipinski definition) is 1. The number of fused-ring (bicyclic) bond motifs is 1. The number of nitrogens with one attached hydrogen (secondary N) is 1. The third-order valence-corrected chi connectivity index (χ3v) is 7.96. The van der Waals surface area contributed by atoms with Gasteiger partial charge in [0, 0.05) is 34.8 Å². The smallest absolute Gasteiger partial charge is 0.230 e. The van der Waals surface area contributed by atoms with Crippen molar-refractivity contribution < 1.29 is 18.0 Å². The van der Waals surface area contributed by atoms with Crippen LogP contribution >= 0.6 is 11.6 Å². The summed E-state index contributed by atoms with van der Waals surface area (Å²) < 4.78 is 25.6. The summed E-state index contributed by atoms with van der Waals surface area (Å²) in [4.78, 5) is 26.8. The van der Waals surface area contributed by atoms with Crippen LogP contribution < -0.4 is 10.2 Å². The molecule has 0 aromatic heterocycles. The molecule has 2 aromatic carbocycles. The highest BCUT2D eigenvalue weighted by Gasteiger charge is 2.39. The summed E-state index contributed by atoms with van der Waals surface area (Å²) in [5.74, 6) is -0.440. The van der Waals surface area contributed by atoms with Crippen molar-refractivity contribution in [3.63, 3.8) is 0 Å². The van der Waals surface area contributed by atoms with E-state index in [1.54, 1.807) is 30.3 Å². The van der Waals surface area contributed by atoms with E-state index in [0.717, 1.165) is 29.7 Å². The quantitative estimate of drug-likeness (QED) is 0.702. The molecule has 6 nitrogen and oxygen atoms in total. The zero-order valence-corrected chi connectivity index (χ0v) is 19.1. The molecule has 31 heavy (non-hydrogen) atoms. The van der Waals surface area contributed by atoms with E-state index in [-0.39, 0.29) is 40.8 Å². The molecule has 2 aromatic rings. The maximum Gasteiger partial charge on any atom is 0.230 e. The Balaban J connectivity index is 1.43. The molecule has 4 rings (SSSR count). The Hall–Kier alpha value is -2.38. The summed E-state index contributed by atoms with van der Waals surface area (Å²) in [5, 5.41) is 3.22. The van der Waals surface area contributed by atoms with Gasteiger partial charge in [0.1, 0.15) is 0 Å². The maximum atomic E-state index is 12.8. The lowest BCUT2D eigenvalue weighted by Gasteiger charge is -2.22.